The number of nitrogens with one attached hydrogen (secondary N) is 2. The number of halogens is 2. The average molecular weight is 395 g/mol. The molecule has 4 aromatic rings. The third-order valence-corrected chi connectivity index (χ3v) is 4.58. The van der Waals surface area contributed by atoms with Crippen LogP contribution in [0.25, 0.3) is 22.6 Å². The topological polar surface area (TPSA) is 70.7 Å². The van der Waals surface area contributed by atoms with E-state index in [9.17, 15) is 9.18 Å². The van der Waals surface area contributed by atoms with Crippen LogP contribution < -0.4 is 5.32 Å². The minimum absolute atomic E-state index is 0.219. The maximum Gasteiger partial charge on any atom is 0.253 e. The van der Waals surface area contributed by atoms with Crippen LogP contribution >= 0.6 is 11.6 Å². The molecule has 2 N–H and O–H groups in total. The molecule has 0 aliphatic rings. The molecule has 2 aromatic heterocycles. The molecule has 5 nitrogen and oxygen atoms in total. The molecule has 0 saturated heterocycles. The zero-order valence-corrected chi connectivity index (χ0v) is 15.5. The summed E-state index contributed by atoms with van der Waals surface area (Å²) in [7, 11) is 0. The molecule has 7 heteroatoms. The molecule has 0 saturated carbocycles. The Morgan fingerprint density at radius 2 is 1.96 bits per heavy atom. The van der Waals surface area contributed by atoms with E-state index in [1.54, 1.807) is 24.4 Å². The molecule has 28 heavy (non-hydrogen) atoms. The van der Waals surface area contributed by atoms with E-state index in [0.717, 1.165) is 5.56 Å². The minimum atomic E-state index is -0.322. The molecule has 0 aliphatic carbocycles. The van der Waals surface area contributed by atoms with Gasteiger partial charge in [0, 0.05) is 23.3 Å². The molecule has 2 heterocycles. The Morgan fingerprint density at radius 3 is 2.75 bits per heavy atom. The lowest BCUT2D eigenvalue weighted by atomic mass is 10.1. The molecular weight excluding hydrogens is 379 g/mol. The smallest absolute Gasteiger partial charge is 0.253 e. The third kappa shape index (κ3) is 3.87. The molecule has 0 atom stereocenters. The van der Waals surface area contributed by atoms with E-state index in [1.165, 1.54) is 12.1 Å². The first-order valence-corrected chi connectivity index (χ1v) is 9.11. The van der Waals surface area contributed by atoms with Crippen LogP contribution in [-0.4, -0.2) is 27.4 Å². The number of fused-ring (bicyclic) bond motifs is 1. The van der Waals surface area contributed by atoms with E-state index in [2.05, 4.69) is 20.3 Å². The zero-order valence-electron chi connectivity index (χ0n) is 14.7. The van der Waals surface area contributed by atoms with Crippen LogP contribution in [0, 0.1) is 5.82 Å². The first kappa shape index (κ1) is 18.1. The van der Waals surface area contributed by atoms with Gasteiger partial charge in [-0.25, -0.2) is 14.4 Å². The number of carbonyl (C=O) groups is 1. The summed E-state index contributed by atoms with van der Waals surface area (Å²) < 4.78 is 13.1. The van der Waals surface area contributed by atoms with Crippen molar-refractivity contribution in [1.29, 1.82) is 0 Å². The highest BCUT2D eigenvalue weighted by Gasteiger charge is 2.15. The number of aromatic nitrogens is 3. The summed E-state index contributed by atoms with van der Waals surface area (Å²) >= 11 is 5.98. The van der Waals surface area contributed by atoms with E-state index >= 15 is 0 Å². The Balaban J connectivity index is 1.52. The molecule has 0 spiro atoms. The first-order chi connectivity index (χ1) is 13.6. The predicted octanol–water partition coefficient (Wildman–Crippen LogP) is 4.39. The van der Waals surface area contributed by atoms with E-state index in [-0.39, 0.29) is 11.7 Å². The van der Waals surface area contributed by atoms with Crippen molar-refractivity contribution >= 4 is 28.7 Å². The van der Waals surface area contributed by atoms with Crippen LogP contribution in [0.5, 0.6) is 0 Å². The summed E-state index contributed by atoms with van der Waals surface area (Å²) in [6.07, 6.45) is 2.22. The van der Waals surface area contributed by atoms with Gasteiger partial charge < -0.3 is 10.3 Å². The molecule has 0 fully saturated rings. The quantitative estimate of drug-likeness (QED) is 0.527. The van der Waals surface area contributed by atoms with Crippen LogP contribution in [0.15, 0.2) is 60.8 Å². The molecular formula is C21H16ClFN4O. The largest absolute Gasteiger partial charge is 0.352 e. The predicted molar refractivity (Wildman–Crippen MR) is 107 cm³/mol. The van der Waals surface area contributed by atoms with Crippen LogP contribution in [-0.2, 0) is 6.42 Å². The Kier molecular flexibility index (Phi) is 5.04. The molecule has 0 bridgehead atoms. The lowest BCUT2D eigenvalue weighted by Crippen LogP contribution is -2.26. The summed E-state index contributed by atoms with van der Waals surface area (Å²) in [6, 6.07) is 15.1. The summed E-state index contributed by atoms with van der Waals surface area (Å²) in [5.41, 5.74) is 3.19. The van der Waals surface area contributed by atoms with Crippen molar-refractivity contribution in [3.8, 4) is 11.4 Å². The van der Waals surface area contributed by atoms with Crippen LogP contribution in [0.2, 0.25) is 5.02 Å². The second-order valence-corrected chi connectivity index (χ2v) is 6.72. The van der Waals surface area contributed by atoms with E-state index < -0.39 is 0 Å². The van der Waals surface area contributed by atoms with Gasteiger partial charge in [-0.3, -0.25) is 4.79 Å². The molecule has 0 radical (unpaired) electrons. The number of imidazole rings is 1. The van der Waals surface area contributed by atoms with Gasteiger partial charge in [0.1, 0.15) is 11.6 Å². The highest BCUT2D eigenvalue weighted by atomic mass is 35.5. The van der Waals surface area contributed by atoms with Crippen molar-refractivity contribution in [1.82, 2.24) is 20.3 Å². The van der Waals surface area contributed by atoms with Gasteiger partial charge in [0.15, 0.2) is 5.65 Å². The number of hydrogen-bond acceptors (Lipinski definition) is 3. The number of benzene rings is 2. The fourth-order valence-corrected chi connectivity index (χ4v) is 3.17. The number of nitrogens with zero attached hydrogens (tertiary/aromatic N) is 2. The zero-order chi connectivity index (χ0) is 19.5. The van der Waals surface area contributed by atoms with Crippen molar-refractivity contribution < 1.29 is 9.18 Å². The summed E-state index contributed by atoms with van der Waals surface area (Å²) in [5, 5.41) is 3.58. The number of hydrogen-bond donors (Lipinski definition) is 2. The SMILES string of the molecule is O=C(NCCc1cccc(Cl)c1)c1ccnc2nc(-c3ccc(F)cc3)[nH]c12. The van der Waals surface area contributed by atoms with Crippen LogP contribution in [0.4, 0.5) is 4.39 Å². The normalized spacial score (nSPS) is 10.9. The molecule has 4 rings (SSSR count). The van der Waals surface area contributed by atoms with E-state index in [1.807, 2.05) is 24.3 Å². The van der Waals surface area contributed by atoms with Gasteiger partial charge in [-0.15, -0.1) is 0 Å². The lowest BCUT2D eigenvalue weighted by molar-refractivity contribution is 0.0955. The Bertz CT molecular complexity index is 1140. The first-order valence-electron chi connectivity index (χ1n) is 8.73. The monoisotopic (exact) mass is 394 g/mol. The van der Waals surface area contributed by atoms with Gasteiger partial charge in [-0.2, -0.15) is 0 Å². The third-order valence-electron chi connectivity index (χ3n) is 4.34. The van der Waals surface area contributed by atoms with Crippen LogP contribution in [0.3, 0.4) is 0 Å². The number of carbonyl (C=O) groups excluding carboxylic acids is 1. The number of amides is 1. The lowest BCUT2D eigenvalue weighted by Gasteiger charge is -2.06. The van der Waals surface area contributed by atoms with Gasteiger partial charge >= 0.3 is 0 Å². The van der Waals surface area contributed by atoms with Gasteiger partial charge in [-0.05, 0) is 54.4 Å². The number of pyridine rings is 1. The van der Waals surface area contributed by atoms with Crippen LogP contribution in [0.1, 0.15) is 15.9 Å². The second-order valence-electron chi connectivity index (χ2n) is 6.29. The molecule has 0 aliphatic heterocycles. The Hall–Kier alpha value is -3.25. The standard InChI is InChI=1S/C21H16ClFN4O/c22-15-3-1-2-13(12-15)8-10-25-21(28)17-9-11-24-20-18(17)26-19(27-20)14-4-6-16(23)7-5-14/h1-7,9,11-12H,8,10H2,(H,25,28)(H,24,26,27). The van der Waals surface area contributed by atoms with Crippen molar-refractivity contribution in [2.24, 2.45) is 0 Å². The summed E-state index contributed by atoms with van der Waals surface area (Å²) in [6.45, 7) is 0.474. The molecule has 0 unspecified atom stereocenters. The van der Waals surface area contributed by atoms with Crippen molar-refractivity contribution in [3.05, 3.63) is 82.8 Å². The summed E-state index contributed by atoms with van der Waals surface area (Å²) in [5.74, 6) is -0.0110. The Labute approximate surface area is 165 Å². The fraction of sp³-hybridized carbons (Fsp3) is 0.0952. The maximum atomic E-state index is 13.1. The average Bonchev–Trinajstić information content (AvgIpc) is 3.12. The number of aromatic amines is 1. The van der Waals surface area contributed by atoms with E-state index in [4.69, 9.17) is 11.6 Å². The van der Waals surface area contributed by atoms with Crippen molar-refractivity contribution in [3.63, 3.8) is 0 Å². The molecule has 1 amide bonds. The number of H-pyrrole nitrogens is 1. The maximum absolute atomic E-state index is 13.1. The van der Waals surface area contributed by atoms with Gasteiger partial charge in [0.25, 0.3) is 5.91 Å². The highest BCUT2D eigenvalue weighted by Crippen LogP contribution is 2.22. The Morgan fingerprint density at radius 1 is 1.14 bits per heavy atom. The van der Waals surface area contributed by atoms with Gasteiger partial charge in [0.2, 0.25) is 0 Å². The van der Waals surface area contributed by atoms with Crippen molar-refractivity contribution in [2.45, 2.75) is 6.42 Å². The van der Waals surface area contributed by atoms with Gasteiger partial charge in [0.05, 0.1) is 11.1 Å². The highest BCUT2D eigenvalue weighted by molar-refractivity contribution is 6.30. The van der Waals surface area contributed by atoms with Gasteiger partial charge in [-0.1, -0.05) is 23.7 Å². The summed E-state index contributed by atoms with van der Waals surface area (Å²) in [4.78, 5) is 24.4. The molecule has 140 valence electrons. The minimum Gasteiger partial charge on any atom is -0.352 e. The molecule has 2 aromatic carbocycles. The van der Waals surface area contributed by atoms with E-state index in [0.29, 0.717) is 46.1 Å². The second kappa shape index (κ2) is 7.78. The fourth-order valence-electron chi connectivity index (χ4n) is 2.95. The number of rotatable bonds is 5. The van der Waals surface area contributed by atoms with Crippen molar-refractivity contribution in [2.75, 3.05) is 6.54 Å².